The first-order chi connectivity index (χ1) is 6.77. The number of unbranched alkanes of at least 4 members (excludes halogenated alkanes) is 1. The third-order valence-electron chi connectivity index (χ3n) is 2.38. The predicted molar refractivity (Wildman–Crippen MR) is 54.3 cm³/mol. The topological polar surface area (TPSA) is 58.9 Å². The van der Waals surface area contributed by atoms with Gasteiger partial charge < -0.3 is 4.52 Å². The lowest BCUT2D eigenvalue weighted by Gasteiger charge is -2.10. The second-order valence-electron chi connectivity index (χ2n) is 3.59. The van der Waals surface area contributed by atoms with Crippen LogP contribution in [0.4, 0.5) is 0 Å². The smallest absolute Gasteiger partial charge is 0.321 e. The fraction of sp³-hybridized carbons (Fsp3) is 0.800. The molecule has 4 nitrogen and oxygen atoms in total. The van der Waals surface area contributed by atoms with Gasteiger partial charge in [0.25, 0.3) is 0 Å². The molecule has 80 valence electrons. The van der Waals surface area contributed by atoms with Crippen molar-refractivity contribution in [1.82, 2.24) is 10.1 Å². The van der Waals surface area contributed by atoms with Crippen LogP contribution in [0.5, 0.6) is 0 Å². The van der Waals surface area contributed by atoms with E-state index in [0.717, 1.165) is 19.3 Å². The Balaban J connectivity index is 2.61. The van der Waals surface area contributed by atoms with Gasteiger partial charge in [-0.1, -0.05) is 33.1 Å². The van der Waals surface area contributed by atoms with E-state index < -0.39 is 5.76 Å². The molecule has 0 aliphatic heterocycles. The molecule has 1 aromatic heterocycles. The molecule has 0 fully saturated rings. The maximum absolute atomic E-state index is 10.8. The van der Waals surface area contributed by atoms with Crippen molar-refractivity contribution in [3.63, 3.8) is 0 Å². The van der Waals surface area contributed by atoms with Gasteiger partial charge in [-0.25, -0.2) is 9.95 Å². The van der Waals surface area contributed by atoms with Crippen molar-refractivity contribution < 1.29 is 4.52 Å². The Kier molecular flexibility index (Phi) is 4.43. The zero-order chi connectivity index (χ0) is 10.4. The first-order valence-corrected chi connectivity index (χ1v) is 5.33. The van der Waals surface area contributed by atoms with Gasteiger partial charge in [-0.05, 0) is 12.8 Å². The first kappa shape index (κ1) is 11.0. The summed E-state index contributed by atoms with van der Waals surface area (Å²) in [6.07, 6.45) is 5.57. The second-order valence-corrected chi connectivity index (χ2v) is 3.59. The molecule has 0 aromatic carbocycles. The van der Waals surface area contributed by atoms with Crippen molar-refractivity contribution >= 4 is 0 Å². The van der Waals surface area contributed by atoms with Crippen molar-refractivity contribution in [3.05, 3.63) is 16.4 Å². The van der Waals surface area contributed by atoms with Crippen LogP contribution in [-0.2, 0) is 0 Å². The lowest BCUT2D eigenvalue weighted by Crippen LogP contribution is -2.04. The van der Waals surface area contributed by atoms with Crippen LogP contribution in [0, 0.1) is 0 Å². The number of hydrogen-bond acceptors (Lipinski definition) is 3. The van der Waals surface area contributed by atoms with E-state index >= 15 is 0 Å². The molecular formula is C10H18N2O2. The minimum absolute atomic E-state index is 0.353. The lowest BCUT2D eigenvalue weighted by molar-refractivity contribution is 0.372. The van der Waals surface area contributed by atoms with Crippen molar-refractivity contribution in [1.29, 1.82) is 0 Å². The van der Waals surface area contributed by atoms with E-state index in [9.17, 15) is 4.79 Å². The minimum atomic E-state index is -0.516. The van der Waals surface area contributed by atoms with Gasteiger partial charge in [0.1, 0.15) is 5.82 Å². The van der Waals surface area contributed by atoms with E-state index in [4.69, 9.17) is 0 Å². The molecular weight excluding hydrogens is 180 g/mol. The summed E-state index contributed by atoms with van der Waals surface area (Å²) in [6, 6.07) is 0. The van der Waals surface area contributed by atoms with Crippen LogP contribution in [0.25, 0.3) is 0 Å². The Morgan fingerprint density at radius 1 is 1.36 bits per heavy atom. The van der Waals surface area contributed by atoms with E-state index in [0.29, 0.717) is 11.7 Å². The van der Waals surface area contributed by atoms with Crippen molar-refractivity contribution in [2.24, 2.45) is 0 Å². The molecule has 0 amide bonds. The largest absolute Gasteiger partial charge is 0.459 e. The molecule has 1 atom stereocenters. The summed E-state index contributed by atoms with van der Waals surface area (Å²) in [6.45, 7) is 4.30. The van der Waals surface area contributed by atoms with Crippen LogP contribution in [0.1, 0.15) is 57.7 Å². The normalized spacial score (nSPS) is 13.0. The highest BCUT2D eigenvalue weighted by Crippen LogP contribution is 2.23. The quantitative estimate of drug-likeness (QED) is 0.763. The number of nitrogens with one attached hydrogen (secondary N) is 1. The monoisotopic (exact) mass is 198 g/mol. The second kappa shape index (κ2) is 5.62. The highest BCUT2D eigenvalue weighted by Gasteiger charge is 2.14. The third kappa shape index (κ3) is 3.01. The Hall–Kier alpha value is -1.06. The van der Waals surface area contributed by atoms with E-state index in [1.165, 1.54) is 12.8 Å². The molecule has 1 N–H and O–H groups in total. The summed E-state index contributed by atoms with van der Waals surface area (Å²) in [5.41, 5.74) is 0. The number of rotatable bonds is 6. The van der Waals surface area contributed by atoms with Crippen LogP contribution >= 0.6 is 0 Å². The zero-order valence-corrected chi connectivity index (χ0v) is 8.88. The number of H-pyrrole nitrogens is 1. The predicted octanol–water partition coefficient (Wildman–Crippen LogP) is 2.44. The molecule has 0 bridgehead atoms. The SMILES string of the molecule is CCCCC(CCC)c1nc(=O)o[nH]1. The lowest BCUT2D eigenvalue weighted by atomic mass is 9.96. The summed E-state index contributed by atoms with van der Waals surface area (Å²) in [4.78, 5) is 14.6. The molecule has 1 aromatic rings. The van der Waals surface area contributed by atoms with Gasteiger partial charge in [0.2, 0.25) is 0 Å². The van der Waals surface area contributed by atoms with Crippen LogP contribution in [0.15, 0.2) is 9.32 Å². The summed E-state index contributed by atoms with van der Waals surface area (Å²) in [5.74, 6) is 0.550. The van der Waals surface area contributed by atoms with Crippen LogP contribution in [0.2, 0.25) is 0 Å². The molecule has 0 aliphatic rings. The van der Waals surface area contributed by atoms with Gasteiger partial charge in [-0.3, -0.25) is 0 Å². The molecule has 0 aliphatic carbocycles. The maximum atomic E-state index is 10.8. The fourth-order valence-corrected chi connectivity index (χ4v) is 1.63. The van der Waals surface area contributed by atoms with Gasteiger partial charge in [-0.15, -0.1) is 0 Å². The highest BCUT2D eigenvalue weighted by atomic mass is 16.5. The van der Waals surface area contributed by atoms with Crippen molar-refractivity contribution in [3.8, 4) is 0 Å². The van der Waals surface area contributed by atoms with E-state index in [1.54, 1.807) is 0 Å². The van der Waals surface area contributed by atoms with Crippen LogP contribution < -0.4 is 5.76 Å². The zero-order valence-electron chi connectivity index (χ0n) is 8.88. The molecule has 0 radical (unpaired) electrons. The maximum Gasteiger partial charge on any atom is 0.459 e. The van der Waals surface area contributed by atoms with Gasteiger partial charge in [0.05, 0.1) is 0 Å². The highest BCUT2D eigenvalue weighted by molar-refractivity contribution is 4.91. The molecule has 1 rings (SSSR count). The van der Waals surface area contributed by atoms with Crippen LogP contribution in [-0.4, -0.2) is 10.1 Å². The number of aromatic nitrogens is 2. The minimum Gasteiger partial charge on any atom is -0.321 e. The molecule has 14 heavy (non-hydrogen) atoms. The number of nitrogens with zero attached hydrogens (tertiary/aromatic N) is 1. The van der Waals surface area contributed by atoms with Crippen molar-refractivity contribution in [2.45, 2.75) is 51.9 Å². The molecule has 0 spiro atoms. The summed E-state index contributed by atoms with van der Waals surface area (Å²) < 4.78 is 4.58. The van der Waals surface area contributed by atoms with Gasteiger partial charge in [0.15, 0.2) is 0 Å². The Labute approximate surface area is 83.7 Å². The molecule has 0 saturated carbocycles. The van der Waals surface area contributed by atoms with E-state index in [2.05, 4.69) is 28.5 Å². The summed E-state index contributed by atoms with van der Waals surface area (Å²) in [7, 11) is 0. The van der Waals surface area contributed by atoms with E-state index in [-0.39, 0.29) is 0 Å². The average Bonchev–Trinajstić information content (AvgIpc) is 2.59. The Morgan fingerprint density at radius 2 is 2.14 bits per heavy atom. The summed E-state index contributed by atoms with van der Waals surface area (Å²) >= 11 is 0. The van der Waals surface area contributed by atoms with E-state index in [1.807, 2.05) is 0 Å². The number of aromatic amines is 1. The molecule has 0 saturated heterocycles. The first-order valence-electron chi connectivity index (χ1n) is 5.33. The standard InChI is InChI=1S/C10H18N2O2/c1-3-5-7-8(6-4-2)9-11-10(13)14-12-9/h8H,3-7H2,1-2H3,(H,11,12,13). The fourth-order valence-electron chi connectivity index (χ4n) is 1.63. The Bertz CT molecular complexity index is 303. The Morgan fingerprint density at radius 3 is 2.64 bits per heavy atom. The van der Waals surface area contributed by atoms with Crippen LogP contribution in [0.3, 0.4) is 0 Å². The number of hydrogen-bond donors (Lipinski definition) is 1. The average molecular weight is 198 g/mol. The molecule has 1 unspecified atom stereocenters. The summed E-state index contributed by atoms with van der Waals surface area (Å²) in [5, 5.41) is 2.60. The van der Waals surface area contributed by atoms with Gasteiger partial charge in [-0.2, -0.15) is 4.98 Å². The van der Waals surface area contributed by atoms with Gasteiger partial charge in [0, 0.05) is 5.92 Å². The third-order valence-corrected chi connectivity index (χ3v) is 2.38. The molecule has 4 heteroatoms. The molecule has 1 heterocycles. The van der Waals surface area contributed by atoms with Crippen molar-refractivity contribution in [2.75, 3.05) is 0 Å². The van der Waals surface area contributed by atoms with Gasteiger partial charge >= 0.3 is 5.76 Å².